The Balaban J connectivity index is 4.34. The molecule has 0 rings (SSSR count). The number of esters is 3. The van der Waals surface area contributed by atoms with E-state index in [4.69, 9.17) is 14.2 Å². The summed E-state index contributed by atoms with van der Waals surface area (Å²) in [5, 5.41) is 0. The maximum Gasteiger partial charge on any atom is 0.306 e. The Morgan fingerprint density at radius 3 is 1.02 bits per heavy atom. The maximum absolute atomic E-state index is 12.6. The van der Waals surface area contributed by atoms with Crippen LogP contribution in [0.15, 0.2) is 0 Å². The van der Waals surface area contributed by atoms with Gasteiger partial charge in [-0.25, -0.2) is 0 Å². The first-order valence-electron chi connectivity index (χ1n) is 20.9. The minimum atomic E-state index is -0.758. The summed E-state index contributed by atoms with van der Waals surface area (Å²) in [6.07, 6.45) is 33.8. The highest BCUT2D eigenvalue weighted by atomic mass is 16.6. The van der Waals surface area contributed by atoms with E-state index in [9.17, 15) is 14.4 Å². The van der Waals surface area contributed by atoms with E-state index in [1.807, 2.05) is 0 Å². The average Bonchev–Trinajstić information content (AvgIpc) is 3.06. The van der Waals surface area contributed by atoms with E-state index in [1.165, 1.54) is 122 Å². The van der Waals surface area contributed by atoms with Crippen molar-refractivity contribution in [1.29, 1.82) is 0 Å². The molecule has 48 heavy (non-hydrogen) atoms. The monoisotopic (exact) mass is 681 g/mol. The van der Waals surface area contributed by atoms with E-state index >= 15 is 0 Å². The fourth-order valence-electron chi connectivity index (χ4n) is 6.10. The molecule has 0 fully saturated rings. The van der Waals surface area contributed by atoms with Gasteiger partial charge in [-0.05, 0) is 25.2 Å². The van der Waals surface area contributed by atoms with Gasteiger partial charge in [0.15, 0.2) is 6.10 Å². The summed E-state index contributed by atoms with van der Waals surface area (Å²) in [4.78, 5) is 37.5. The molecular weight excluding hydrogens is 600 g/mol. The highest BCUT2D eigenvalue weighted by molar-refractivity contribution is 5.71. The van der Waals surface area contributed by atoms with E-state index in [2.05, 4.69) is 27.7 Å². The molecule has 0 aromatic heterocycles. The lowest BCUT2D eigenvalue weighted by molar-refractivity contribution is -0.167. The Morgan fingerprint density at radius 2 is 0.688 bits per heavy atom. The average molecular weight is 681 g/mol. The largest absolute Gasteiger partial charge is 0.462 e. The molecule has 0 aliphatic carbocycles. The van der Waals surface area contributed by atoms with Crippen LogP contribution in [0.1, 0.15) is 227 Å². The van der Waals surface area contributed by atoms with Crippen molar-refractivity contribution in [2.75, 3.05) is 13.2 Å². The molecule has 0 radical (unpaired) electrons. The van der Waals surface area contributed by atoms with Gasteiger partial charge in [0.2, 0.25) is 0 Å². The first kappa shape index (κ1) is 46.4. The molecule has 0 heterocycles. The first-order valence-corrected chi connectivity index (χ1v) is 20.9. The summed E-state index contributed by atoms with van der Waals surface area (Å²) in [6.45, 7) is 8.89. The number of carbonyl (C=O) groups excluding carboxylic acids is 3. The predicted octanol–water partition coefficient (Wildman–Crippen LogP) is 12.8. The molecule has 0 aliphatic rings. The summed E-state index contributed by atoms with van der Waals surface area (Å²) in [7, 11) is 0. The van der Waals surface area contributed by atoms with Crippen LogP contribution in [-0.2, 0) is 28.6 Å². The van der Waals surface area contributed by atoms with E-state index in [0.29, 0.717) is 19.3 Å². The van der Waals surface area contributed by atoms with Crippen molar-refractivity contribution < 1.29 is 28.6 Å². The Hall–Kier alpha value is -1.59. The second-order valence-electron chi connectivity index (χ2n) is 14.7. The smallest absolute Gasteiger partial charge is 0.306 e. The predicted molar refractivity (Wildman–Crippen MR) is 201 cm³/mol. The van der Waals surface area contributed by atoms with Crippen LogP contribution in [0.4, 0.5) is 0 Å². The number of carbonyl (C=O) groups is 3. The van der Waals surface area contributed by atoms with Crippen LogP contribution in [0.25, 0.3) is 0 Å². The van der Waals surface area contributed by atoms with E-state index in [-0.39, 0.29) is 31.1 Å². The second kappa shape index (κ2) is 36.7. The molecule has 0 amide bonds. The van der Waals surface area contributed by atoms with E-state index in [0.717, 1.165) is 63.7 Å². The summed E-state index contributed by atoms with van der Waals surface area (Å²) >= 11 is 0. The zero-order chi connectivity index (χ0) is 35.3. The van der Waals surface area contributed by atoms with Crippen molar-refractivity contribution in [3.63, 3.8) is 0 Å². The molecule has 0 saturated carbocycles. The van der Waals surface area contributed by atoms with Gasteiger partial charge < -0.3 is 14.2 Å². The first-order chi connectivity index (χ1) is 23.4. The molecule has 0 aromatic rings. The molecule has 0 unspecified atom stereocenters. The summed E-state index contributed by atoms with van der Waals surface area (Å²) < 4.78 is 16.6. The van der Waals surface area contributed by atoms with Crippen molar-refractivity contribution in [1.82, 2.24) is 0 Å². The van der Waals surface area contributed by atoms with Gasteiger partial charge in [0.1, 0.15) is 13.2 Å². The van der Waals surface area contributed by atoms with Crippen molar-refractivity contribution >= 4 is 17.9 Å². The van der Waals surface area contributed by atoms with E-state index in [1.54, 1.807) is 0 Å². The lowest BCUT2D eigenvalue weighted by atomic mass is 10.0. The summed E-state index contributed by atoms with van der Waals surface area (Å²) in [5.74, 6) is -0.103. The van der Waals surface area contributed by atoms with Crippen LogP contribution in [0.3, 0.4) is 0 Å². The molecule has 6 heteroatoms. The van der Waals surface area contributed by atoms with Crippen LogP contribution in [0.2, 0.25) is 0 Å². The third-order valence-electron chi connectivity index (χ3n) is 9.29. The molecule has 0 N–H and O–H groups in total. The van der Waals surface area contributed by atoms with Crippen LogP contribution >= 0.6 is 0 Å². The van der Waals surface area contributed by atoms with Crippen molar-refractivity contribution in [3.05, 3.63) is 0 Å². The minimum Gasteiger partial charge on any atom is -0.462 e. The zero-order valence-corrected chi connectivity index (χ0v) is 32.4. The normalized spacial score (nSPS) is 11.9. The van der Waals surface area contributed by atoms with Gasteiger partial charge in [-0.2, -0.15) is 0 Å². The molecule has 0 aliphatic heterocycles. The standard InChI is InChI=1S/C42H80O6/c1-5-7-9-11-13-15-17-19-20-25-29-33-40(43)46-36-39(37-47-41(44)34-30-26-23-22-24-28-32-38(3)4)48-42(45)35-31-27-21-18-16-14-12-10-8-6-2/h38-39H,5-37H2,1-4H3/t39-/m1/s1. The number of unbranched alkanes of at least 4 members (excludes halogenated alkanes) is 24. The Morgan fingerprint density at radius 1 is 0.396 bits per heavy atom. The minimum absolute atomic E-state index is 0.0652. The number of ether oxygens (including phenoxy) is 3. The van der Waals surface area contributed by atoms with Gasteiger partial charge in [0, 0.05) is 19.3 Å². The third-order valence-corrected chi connectivity index (χ3v) is 9.29. The topological polar surface area (TPSA) is 78.9 Å². The summed E-state index contributed by atoms with van der Waals surface area (Å²) in [5.41, 5.74) is 0. The quantitative estimate of drug-likeness (QED) is 0.0369. The summed E-state index contributed by atoms with van der Waals surface area (Å²) in [6, 6.07) is 0. The number of rotatable bonds is 37. The maximum atomic E-state index is 12.6. The van der Waals surface area contributed by atoms with Crippen molar-refractivity contribution in [2.45, 2.75) is 233 Å². The van der Waals surface area contributed by atoms with E-state index < -0.39 is 6.10 Å². The highest BCUT2D eigenvalue weighted by Gasteiger charge is 2.19. The Labute approximate surface area is 298 Å². The van der Waals surface area contributed by atoms with Crippen molar-refractivity contribution in [3.8, 4) is 0 Å². The lowest BCUT2D eigenvalue weighted by Crippen LogP contribution is -2.30. The molecule has 1 atom stereocenters. The lowest BCUT2D eigenvalue weighted by Gasteiger charge is -2.18. The van der Waals surface area contributed by atoms with Gasteiger partial charge in [0.05, 0.1) is 0 Å². The molecule has 6 nitrogen and oxygen atoms in total. The second-order valence-corrected chi connectivity index (χ2v) is 14.7. The van der Waals surface area contributed by atoms with Crippen LogP contribution in [0.5, 0.6) is 0 Å². The van der Waals surface area contributed by atoms with Gasteiger partial charge in [-0.3, -0.25) is 14.4 Å². The highest BCUT2D eigenvalue weighted by Crippen LogP contribution is 2.15. The molecule has 0 aromatic carbocycles. The van der Waals surface area contributed by atoms with Gasteiger partial charge in [0.25, 0.3) is 0 Å². The third kappa shape index (κ3) is 35.7. The Bertz CT molecular complexity index is 721. The van der Waals surface area contributed by atoms with Crippen LogP contribution < -0.4 is 0 Å². The molecule has 0 spiro atoms. The zero-order valence-electron chi connectivity index (χ0n) is 32.4. The molecular formula is C42H80O6. The Kier molecular flexibility index (Phi) is 35.5. The number of hydrogen-bond acceptors (Lipinski definition) is 6. The van der Waals surface area contributed by atoms with Gasteiger partial charge >= 0.3 is 17.9 Å². The van der Waals surface area contributed by atoms with Crippen LogP contribution in [-0.4, -0.2) is 37.2 Å². The van der Waals surface area contributed by atoms with Crippen LogP contribution in [0, 0.1) is 5.92 Å². The van der Waals surface area contributed by atoms with Gasteiger partial charge in [-0.15, -0.1) is 0 Å². The van der Waals surface area contributed by atoms with Gasteiger partial charge in [-0.1, -0.05) is 188 Å². The SMILES string of the molecule is CCCCCCCCCCCCCC(=O)OC[C@H](COC(=O)CCCCCCCCC(C)C)OC(=O)CCCCCCCCCCCC. The molecule has 0 saturated heterocycles. The fraction of sp³-hybridized carbons (Fsp3) is 0.929. The fourth-order valence-corrected chi connectivity index (χ4v) is 6.10. The molecule has 0 bridgehead atoms. The molecule has 284 valence electrons. The van der Waals surface area contributed by atoms with Crippen molar-refractivity contribution in [2.24, 2.45) is 5.92 Å². The number of hydrogen-bond donors (Lipinski definition) is 0.